The van der Waals surface area contributed by atoms with E-state index >= 15 is 0 Å². The summed E-state index contributed by atoms with van der Waals surface area (Å²) in [6.07, 6.45) is 8.49. The highest BCUT2D eigenvalue weighted by Gasteiger charge is 2.44. The lowest BCUT2D eigenvalue weighted by atomic mass is 9.99. The Balaban J connectivity index is 1.41. The summed E-state index contributed by atoms with van der Waals surface area (Å²) in [5.74, 6) is 1.51. The van der Waals surface area contributed by atoms with Crippen molar-refractivity contribution in [1.82, 2.24) is 15.1 Å². The maximum Gasteiger partial charge on any atom is 0.262 e. The molecule has 2 atom stereocenters. The lowest BCUT2D eigenvalue weighted by molar-refractivity contribution is -0.136. The number of nitrogens with zero attached hydrogens (tertiary/aromatic N) is 2. The molecule has 0 bridgehead atoms. The van der Waals surface area contributed by atoms with Crippen LogP contribution in [0.25, 0.3) is 0 Å². The molecular formula is C23H25N3O5. The molecule has 3 heterocycles. The van der Waals surface area contributed by atoms with Gasteiger partial charge in [-0.15, -0.1) is 12.3 Å². The Hall–Kier alpha value is -3.18. The number of carbonyl (C=O) groups is 4. The number of imide groups is 2. The molecule has 1 aromatic rings. The van der Waals surface area contributed by atoms with E-state index in [1.54, 1.807) is 18.2 Å². The van der Waals surface area contributed by atoms with Gasteiger partial charge in [0.2, 0.25) is 11.8 Å². The van der Waals surface area contributed by atoms with E-state index < -0.39 is 29.7 Å². The van der Waals surface area contributed by atoms with Crippen LogP contribution in [0.3, 0.4) is 0 Å². The molecule has 8 heteroatoms. The number of ether oxygens (including phenoxy) is 1. The monoisotopic (exact) mass is 423 g/mol. The molecule has 0 aliphatic carbocycles. The van der Waals surface area contributed by atoms with Crippen molar-refractivity contribution in [2.45, 2.75) is 38.1 Å². The summed E-state index contributed by atoms with van der Waals surface area (Å²) >= 11 is 0. The third kappa shape index (κ3) is 4.32. The van der Waals surface area contributed by atoms with Crippen LogP contribution < -0.4 is 10.1 Å². The van der Waals surface area contributed by atoms with E-state index in [0.717, 1.165) is 43.8 Å². The lowest BCUT2D eigenvalue weighted by Gasteiger charge is -2.32. The third-order valence-electron chi connectivity index (χ3n) is 6.07. The Bertz CT molecular complexity index is 966. The molecule has 1 aromatic carbocycles. The molecule has 1 N–H and O–H groups in total. The number of carbonyl (C=O) groups excluding carboxylic acids is 4. The number of amides is 4. The van der Waals surface area contributed by atoms with Crippen molar-refractivity contribution >= 4 is 23.6 Å². The SMILES string of the molecule is C#CCCN1CCCC(COc2ccc3c(c2)C(=O)N(C2CCC(=O)NC2=O)C3=O)C1. The van der Waals surface area contributed by atoms with Crippen LogP contribution in [0.2, 0.25) is 0 Å². The summed E-state index contributed by atoms with van der Waals surface area (Å²) < 4.78 is 5.95. The fraction of sp³-hybridized carbons (Fsp3) is 0.478. The summed E-state index contributed by atoms with van der Waals surface area (Å²) in [5.41, 5.74) is 0.478. The van der Waals surface area contributed by atoms with Gasteiger partial charge in [-0.25, -0.2) is 0 Å². The quantitative estimate of drug-likeness (QED) is 0.546. The molecule has 31 heavy (non-hydrogen) atoms. The van der Waals surface area contributed by atoms with Crippen LogP contribution in [0.15, 0.2) is 18.2 Å². The van der Waals surface area contributed by atoms with Gasteiger partial charge < -0.3 is 9.64 Å². The number of nitrogens with one attached hydrogen (secondary N) is 1. The number of rotatable bonds is 6. The number of hydrogen-bond acceptors (Lipinski definition) is 6. The van der Waals surface area contributed by atoms with E-state index in [1.165, 1.54) is 0 Å². The maximum atomic E-state index is 12.9. The van der Waals surface area contributed by atoms with E-state index in [-0.39, 0.29) is 24.0 Å². The minimum absolute atomic E-state index is 0.0952. The van der Waals surface area contributed by atoms with Crippen molar-refractivity contribution < 1.29 is 23.9 Å². The zero-order valence-corrected chi connectivity index (χ0v) is 17.3. The third-order valence-corrected chi connectivity index (χ3v) is 6.07. The first kappa shape index (κ1) is 21.1. The first-order chi connectivity index (χ1) is 15.0. The minimum Gasteiger partial charge on any atom is -0.493 e. The number of benzene rings is 1. The zero-order valence-electron chi connectivity index (χ0n) is 17.3. The molecule has 3 aliphatic heterocycles. The number of terminal acetylenes is 1. The highest BCUT2D eigenvalue weighted by atomic mass is 16.5. The van der Waals surface area contributed by atoms with Gasteiger partial charge in [0.05, 0.1) is 17.7 Å². The van der Waals surface area contributed by atoms with Crippen LogP contribution >= 0.6 is 0 Å². The van der Waals surface area contributed by atoms with Crippen LogP contribution in [-0.2, 0) is 9.59 Å². The van der Waals surface area contributed by atoms with Gasteiger partial charge >= 0.3 is 0 Å². The molecule has 0 spiro atoms. The van der Waals surface area contributed by atoms with Gasteiger partial charge in [0, 0.05) is 31.8 Å². The van der Waals surface area contributed by atoms with Crippen LogP contribution in [0.5, 0.6) is 5.75 Å². The van der Waals surface area contributed by atoms with Crippen molar-refractivity contribution in [1.29, 1.82) is 0 Å². The van der Waals surface area contributed by atoms with Gasteiger partial charge in [-0.05, 0) is 44.0 Å². The van der Waals surface area contributed by atoms with Gasteiger partial charge in [0.25, 0.3) is 11.8 Å². The average Bonchev–Trinajstić information content (AvgIpc) is 3.01. The summed E-state index contributed by atoms with van der Waals surface area (Å²) in [6.45, 7) is 3.38. The average molecular weight is 423 g/mol. The first-order valence-electron chi connectivity index (χ1n) is 10.6. The van der Waals surface area contributed by atoms with Crippen LogP contribution in [0.4, 0.5) is 0 Å². The fourth-order valence-corrected chi connectivity index (χ4v) is 4.47. The van der Waals surface area contributed by atoms with Gasteiger partial charge in [-0.2, -0.15) is 0 Å². The van der Waals surface area contributed by atoms with E-state index in [1.807, 2.05) is 0 Å². The Labute approximate surface area is 180 Å². The molecule has 2 fully saturated rings. The number of likely N-dealkylation sites (tertiary alicyclic amines) is 1. The predicted molar refractivity (Wildman–Crippen MR) is 111 cm³/mol. The first-order valence-corrected chi connectivity index (χ1v) is 10.6. The van der Waals surface area contributed by atoms with Crippen LogP contribution in [0.1, 0.15) is 52.8 Å². The smallest absolute Gasteiger partial charge is 0.262 e. The fourth-order valence-electron chi connectivity index (χ4n) is 4.47. The molecule has 0 radical (unpaired) electrons. The molecule has 4 amide bonds. The molecule has 4 rings (SSSR count). The van der Waals surface area contributed by atoms with Gasteiger partial charge in [0.15, 0.2) is 0 Å². The van der Waals surface area contributed by atoms with Gasteiger partial charge in [0.1, 0.15) is 11.8 Å². The van der Waals surface area contributed by atoms with E-state index in [0.29, 0.717) is 18.3 Å². The highest BCUT2D eigenvalue weighted by molar-refractivity contribution is 6.23. The summed E-state index contributed by atoms with van der Waals surface area (Å²) in [7, 11) is 0. The number of piperidine rings is 2. The second kappa shape index (κ2) is 8.90. The molecule has 0 saturated carbocycles. The van der Waals surface area contributed by atoms with Crippen LogP contribution in [0, 0.1) is 18.3 Å². The molecule has 2 saturated heterocycles. The number of hydrogen-bond donors (Lipinski definition) is 1. The van der Waals surface area contributed by atoms with Crippen molar-refractivity contribution in [3.63, 3.8) is 0 Å². The molecule has 3 aliphatic rings. The molecular weight excluding hydrogens is 398 g/mol. The Morgan fingerprint density at radius 1 is 1.13 bits per heavy atom. The Kier molecular flexibility index (Phi) is 6.05. The topological polar surface area (TPSA) is 96.0 Å². The lowest BCUT2D eigenvalue weighted by Crippen LogP contribution is -2.54. The summed E-state index contributed by atoms with van der Waals surface area (Å²) in [4.78, 5) is 52.5. The van der Waals surface area contributed by atoms with Crippen molar-refractivity contribution in [2.24, 2.45) is 5.92 Å². The molecule has 0 aromatic heterocycles. The van der Waals surface area contributed by atoms with E-state index in [9.17, 15) is 19.2 Å². The predicted octanol–water partition coefficient (Wildman–Crippen LogP) is 1.20. The van der Waals surface area contributed by atoms with Crippen molar-refractivity contribution in [3.8, 4) is 18.1 Å². The van der Waals surface area contributed by atoms with Crippen LogP contribution in [-0.4, -0.2) is 65.7 Å². The molecule has 2 unspecified atom stereocenters. The Morgan fingerprint density at radius 3 is 2.71 bits per heavy atom. The standard InChI is InChI=1S/C23H25N3O5/c1-2-3-10-25-11-4-5-15(13-25)14-31-16-6-7-17-18(12-16)23(30)26(22(17)29)19-8-9-20(27)24-21(19)28/h1,6-7,12,15,19H,3-5,8-11,13-14H2,(H,24,27,28). The summed E-state index contributed by atoms with van der Waals surface area (Å²) in [5, 5.41) is 2.19. The highest BCUT2D eigenvalue weighted by Crippen LogP contribution is 2.30. The van der Waals surface area contributed by atoms with E-state index in [2.05, 4.69) is 16.1 Å². The Morgan fingerprint density at radius 2 is 1.94 bits per heavy atom. The van der Waals surface area contributed by atoms with Crippen molar-refractivity contribution in [2.75, 3.05) is 26.2 Å². The van der Waals surface area contributed by atoms with E-state index in [4.69, 9.17) is 11.2 Å². The second-order valence-corrected chi connectivity index (χ2v) is 8.23. The molecule has 162 valence electrons. The largest absolute Gasteiger partial charge is 0.493 e. The maximum absolute atomic E-state index is 12.9. The molecule has 8 nitrogen and oxygen atoms in total. The summed E-state index contributed by atoms with van der Waals surface area (Å²) in [6, 6.07) is 3.85. The normalized spacial score (nSPS) is 24.0. The number of fused-ring (bicyclic) bond motifs is 1. The van der Waals surface area contributed by atoms with Gasteiger partial charge in [-0.3, -0.25) is 29.4 Å². The van der Waals surface area contributed by atoms with Gasteiger partial charge in [-0.1, -0.05) is 0 Å². The van der Waals surface area contributed by atoms with Crippen molar-refractivity contribution in [3.05, 3.63) is 29.3 Å². The minimum atomic E-state index is -0.967. The second-order valence-electron chi connectivity index (χ2n) is 8.23. The zero-order chi connectivity index (χ0) is 22.0.